The van der Waals surface area contributed by atoms with E-state index in [0.29, 0.717) is 17.0 Å². The van der Waals surface area contributed by atoms with Gasteiger partial charge in [-0.25, -0.2) is 13.4 Å². The number of hydrogen-bond donors (Lipinski definition) is 1. The highest BCUT2D eigenvalue weighted by Crippen LogP contribution is 2.18. The SMILES string of the molecule is CSc1ncccc1C(=O)N[C@@H]1CCS(=O)(=O)C1. The van der Waals surface area contributed by atoms with Crippen molar-refractivity contribution in [2.45, 2.75) is 17.5 Å². The summed E-state index contributed by atoms with van der Waals surface area (Å²) in [5.41, 5.74) is 0.495. The summed E-state index contributed by atoms with van der Waals surface area (Å²) in [5, 5.41) is 3.40. The molecule has 1 amide bonds. The van der Waals surface area contributed by atoms with Crippen LogP contribution in [0.5, 0.6) is 0 Å². The first-order valence-electron chi connectivity index (χ1n) is 5.52. The molecule has 1 aromatic heterocycles. The molecule has 1 aliphatic heterocycles. The monoisotopic (exact) mass is 286 g/mol. The Hall–Kier alpha value is -1.08. The van der Waals surface area contributed by atoms with Crippen molar-refractivity contribution in [1.29, 1.82) is 0 Å². The van der Waals surface area contributed by atoms with Crippen molar-refractivity contribution in [3.8, 4) is 0 Å². The molecule has 1 atom stereocenters. The molecular formula is C11H14N2O3S2. The van der Waals surface area contributed by atoms with E-state index in [9.17, 15) is 13.2 Å². The second kappa shape index (κ2) is 5.27. The topological polar surface area (TPSA) is 76.1 Å². The van der Waals surface area contributed by atoms with Crippen LogP contribution in [0.15, 0.2) is 23.4 Å². The van der Waals surface area contributed by atoms with Crippen molar-refractivity contribution < 1.29 is 13.2 Å². The molecule has 1 fully saturated rings. The molecule has 0 bridgehead atoms. The lowest BCUT2D eigenvalue weighted by Crippen LogP contribution is -2.35. The maximum Gasteiger partial charge on any atom is 0.254 e. The lowest BCUT2D eigenvalue weighted by molar-refractivity contribution is 0.0937. The Labute approximate surface area is 110 Å². The minimum Gasteiger partial charge on any atom is -0.348 e. The molecule has 1 aromatic rings. The Morgan fingerprint density at radius 1 is 1.56 bits per heavy atom. The second-order valence-corrected chi connectivity index (χ2v) is 7.16. The quantitative estimate of drug-likeness (QED) is 0.829. The molecule has 0 saturated carbocycles. The van der Waals surface area contributed by atoms with E-state index in [1.807, 2.05) is 6.26 Å². The number of nitrogens with one attached hydrogen (secondary N) is 1. The minimum atomic E-state index is -2.97. The number of carbonyl (C=O) groups excluding carboxylic acids is 1. The average Bonchev–Trinajstić information content (AvgIpc) is 2.68. The first-order chi connectivity index (χ1) is 8.52. The van der Waals surface area contributed by atoms with E-state index in [-0.39, 0.29) is 23.5 Å². The lowest BCUT2D eigenvalue weighted by Gasteiger charge is -2.12. The normalized spacial score (nSPS) is 21.7. The Bertz CT molecular complexity index is 557. The van der Waals surface area contributed by atoms with Crippen LogP contribution >= 0.6 is 11.8 Å². The summed E-state index contributed by atoms with van der Waals surface area (Å²) < 4.78 is 22.6. The van der Waals surface area contributed by atoms with Gasteiger partial charge in [0.1, 0.15) is 5.03 Å². The molecule has 5 nitrogen and oxygen atoms in total. The van der Waals surface area contributed by atoms with Crippen LogP contribution in [0.25, 0.3) is 0 Å². The number of nitrogens with zero attached hydrogens (tertiary/aromatic N) is 1. The van der Waals surface area contributed by atoms with Gasteiger partial charge < -0.3 is 5.32 Å². The van der Waals surface area contributed by atoms with Crippen LogP contribution < -0.4 is 5.32 Å². The Kier molecular flexibility index (Phi) is 3.91. The van der Waals surface area contributed by atoms with Crippen molar-refractivity contribution in [2.75, 3.05) is 17.8 Å². The third kappa shape index (κ3) is 3.02. The van der Waals surface area contributed by atoms with Crippen LogP contribution in [0.3, 0.4) is 0 Å². The Morgan fingerprint density at radius 2 is 2.33 bits per heavy atom. The number of hydrogen-bond acceptors (Lipinski definition) is 5. The van der Waals surface area contributed by atoms with Crippen LogP contribution in [-0.4, -0.2) is 43.1 Å². The summed E-state index contributed by atoms with van der Waals surface area (Å²) in [5.74, 6) is -0.0666. The number of thioether (sulfide) groups is 1. The fourth-order valence-electron chi connectivity index (χ4n) is 1.90. The average molecular weight is 286 g/mol. The molecule has 0 unspecified atom stereocenters. The molecule has 1 N–H and O–H groups in total. The van der Waals surface area contributed by atoms with Crippen molar-refractivity contribution in [2.24, 2.45) is 0 Å². The number of pyridine rings is 1. The van der Waals surface area contributed by atoms with Gasteiger partial charge in [0.15, 0.2) is 9.84 Å². The van der Waals surface area contributed by atoms with Gasteiger partial charge in [-0.3, -0.25) is 4.79 Å². The van der Waals surface area contributed by atoms with E-state index in [2.05, 4.69) is 10.3 Å². The second-order valence-electron chi connectivity index (χ2n) is 4.13. The number of amides is 1. The Morgan fingerprint density at radius 3 is 2.94 bits per heavy atom. The summed E-state index contributed by atoms with van der Waals surface area (Å²) in [6, 6.07) is 3.11. The van der Waals surface area contributed by atoms with Gasteiger partial charge in [-0.2, -0.15) is 0 Å². The van der Waals surface area contributed by atoms with E-state index in [1.165, 1.54) is 11.8 Å². The van der Waals surface area contributed by atoms with Crippen LogP contribution in [0, 0.1) is 0 Å². The van der Waals surface area contributed by atoms with Crippen molar-refractivity contribution in [1.82, 2.24) is 10.3 Å². The van der Waals surface area contributed by atoms with E-state index in [1.54, 1.807) is 18.3 Å². The van der Waals surface area contributed by atoms with Gasteiger partial charge in [0.2, 0.25) is 0 Å². The highest BCUT2D eigenvalue weighted by molar-refractivity contribution is 7.98. The largest absolute Gasteiger partial charge is 0.348 e. The molecular weight excluding hydrogens is 272 g/mol. The zero-order valence-corrected chi connectivity index (χ0v) is 11.6. The van der Waals surface area contributed by atoms with Crippen molar-refractivity contribution in [3.63, 3.8) is 0 Å². The third-order valence-electron chi connectivity index (χ3n) is 2.78. The molecule has 1 saturated heterocycles. The van der Waals surface area contributed by atoms with Gasteiger partial charge in [-0.15, -0.1) is 11.8 Å². The van der Waals surface area contributed by atoms with Gasteiger partial charge in [0.25, 0.3) is 5.91 Å². The molecule has 0 aromatic carbocycles. The maximum absolute atomic E-state index is 12.0. The predicted octanol–water partition coefficient (Wildman–Crippen LogP) is 0.720. The van der Waals surface area contributed by atoms with Crippen molar-refractivity contribution >= 4 is 27.5 Å². The number of carbonyl (C=O) groups is 1. The van der Waals surface area contributed by atoms with Gasteiger partial charge in [-0.1, -0.05) is 0 Å². The van der Waals surface area contributed by atoms with Crippen LogP contribution in [0.4, 0.5) is 0 Å². The molecule has 98 valence electrons. The van der Waals surface area contributed by atoms with Gasteiger partial charge in [0.05, 0.1) is 17.1 Å². The summed E-state index contributed by atoms with van der Waals surface area (Å²) in [6.45, 7) is 0. The minimum absolute atomic E-state index is 0.0353. The fourth-order valence-corrected chi connectivity index (χ4v) is 4.12. The summed E-state index contributed by atoms with van der Waals surface area (Å²) in [7, 11) is -2.97. The van der Waals surface area contributed by atoms with Crippen LogP contribution in [0.1, 0.15) is 16.8 Å². The van der Waals surface area contributed by atoms with Crippen molar-refractivity contribution in [3.05, 3.63) is 23.9 Å². The van der Waals surface area contributed by atoms with Gasteiger partial charge in [0, 0.05) is 12.2 Å². The highest BCUT2D eigenvalue weighted by atomic mass is 32.2. The van der Waals surface area contributed by atoms with E-state index in [0.717, 1.165) is 0 Å². The first kappa shape index (κ1) is 13.4. The molecule has 7 heteroatoms. The van der Waals surface area contributed by atoms with E-state index in [4.69, 9.17) is 0 Å². The standard InChI is InChI=1S/C11H14N2O3S2/c1-17-11-9(3-2-5-12-11)10(14)13-8-4-6-18(15,16)7-8/h2-3,5,8H,4,6-7H2,1H3,(H,13,14)/t8-/m1/s1. The lowest BCUT2D eigenvalue weighted by atomic mass is 10.2. The highest BCUT2D eigenvalue weighted by Gasteiger charge is 2.29. The number of sulfone groups is 1. The predicted molar refractivity (Wildman–Crippen MR) is 70.5 cm³/mol. The van der Waals surface area contributed by atoms with Gasteiger partial charge in [-0.05, 0) is 24.8 Å². The molecule has 0 radical (unpaired) electrons. The van der Waals surface area contributed by atoms with Gasteiger partial charge >= 0.3 is 0 Å². The number of aromatic nitrogens is 1. The Balaban J connectivity index is 2.09. The molecule has 0 spiro atoms. The third-order valence-corrected chi connectivity index (χ3v) is 5.26. The summed E-state index contributed by atoms with van der Waals surface area (Å²) in [4.78, 5) is 16.1. The van der Waals surface area contributed by atoms with Crippen LogP contribution in [0.2, 0.25) is 0 Å². The molecule has 18 heavy (non-hydrogen) atoms. The first-order valence-corrected chi connectivity index (χ1v) is 8.57. The smallest absolute Gasteiger partial charge is 0.254 e. The fraction of sp³-hybridized carbons (Fsp3) is 0.455. The summed E-state index contributed by atoms with van der Waals surface area (Å²) in [6.07, 6.45) is 3.96. The van der Waals surface area contributed by atoms with E-state index >= 15 is 0 Å². The van der Waals surface area contributed by atoms with E-state index < -0.39 is 9.84 Å². The molecule has 2 rings (SSSR count). The molecule has 2 heterocycles. The zero-order valence-electron chi connectivity index (χ0n) is 9.92. The molecule has 0 aliphatic carbocycles. The van der Waals surface area contributed by atoms with Crippen LogP contribution in [-0.2, 0) is 9.84 Å². The number of rotatable bonds is 3. The summed E-state index contributed by atoms with van der Waals surface area (Å²) >= 11 is 1.39. The maximum atomic E-state index is 12.0. The zero-order chi connectivity index (χ0) is 13.2. The molecule has 1 aliphatic rings.